The average Bonchev–Trinajstić information content (AvgIpc) is 3.12. The highest BCUT2D eigenvalue weighted by Gasteiger charge is 2.38. The van der Waals surface area contributed by atoms with E-state index in [1.165, 1.54) is 0 Å². The van der Waals surface area contributed by atoms with Crippen molar-refractivity contribution in [3.63, 3.8) is 0 Å². The molecular weight excluding hydrogens is 306 g/mol. The van der Waals surface area contributed by atoms with Crippen LogP contribution in [0.1, 0.15) is 17.0 Å². The van der Waals surface area contributed by atoms with Gasteiger partial charge in [-0.1, -0.05) is 72.8 Å². The van der Waals surface area contributed by atoms with Crippen LogP contribution < -0.4 is 0 Å². The third-order valence-electron chi connectivity index (χ3n) is 4.56. The van der Waals surface area contributed by atoms with E-state index in [0.717, 1.165) is 22.2 Å². The number of benzene rings is 3. The van der Waals surface area contributed by atoms with Gasteiger partial charge >= 0.3 is 0 Å². The van der Waals surface area contributed by atoms with E-state index in [2.05, 4.69) is 23.2 Å². The number of hydrogen-bond acceptors (Lipinski definition) is 2. The van der Waals surface area contributed by atoms with E-state index in [9.17, 15) is 5.26 Å². The molecule has 0 aliphatic heterocycles. The lowest BCUT2D eigenvalue weighted by Crippen LogP contribution is -2.30. The van der Waals surface area contributed by atoms with E-state index in [1.807, 2.05) is 72.8 Å². The zero-order chi connectivity index (χ0) is 17.1. The minimum Gasteiger partial charge on any atom is -0.340 e. The highest BCUT2D eigenvalue weighted by molar-refractivity contribution is 5.75. The van der Waals surface area contributed by atoms with Crippen molar-refractivity contribution in [1.82, 2.24) is 9.97 Å². The van der Waals surface area contributed by atoms with Crippen molar-refractivity contribution < 1.29 is 0 Å². The molecule has 0 saturated carbocycles. The fraction of sp³-hybridized carbons (Fsp3) is 0.0909. The number of hydrogen-bond donors (Lipinski definition) is 1. The molecule has 120 valence electrons. The maximum absolute atomic E-state index is 10.3. The summed E-state index contributed by atoms with van der Waals surface area (Å²) >= 11 is 0. The molecule has 0 fully saturated rings. The second-order valence-electron chi connectivity index (χ2n) is 6.15. The van der Waals surface area contributed by atoms with Crippen molar-refractivity contribution in [3.05, 3.63) is 102 Å². The minimum absolute atomic E-state index is 0.564. The van der Waals surface area contributed by atoms with Gasteiger partial charge in [-0.15, -0.1) is 0 Å². The molecule has 0 amide bonds. The second kappa shape index (κ2) is 6.26. The first kappa shape index (κ1) is 15.2. The molecule has 1 heterocycles. The van der Waals surface area contributed by atoms with Crippen molar-refractivity contribution >= 4 is 11.0 Å². The molecule has 4 rings (SSSR count). The summed E-state index contributed by atoms with van der Waals surface area (Å²) in [7, 11) is 0. The SMILES string of the molecule is N#CC(Cc1ccccc1)(c1ccccc1)c1nc2ccccc2[nH]1. The van der Waals surface area contributed by atoms with Crippen molar-refractivity contribution in [2.75, 3.05) is 0 Å². The summed E-state index contributed by atoms with van der Waals surface area (Å²) in [5.74, 6) is 0.686. The number of nitriles is 1. The number of rotatable bonds is 4. The Kier molecular flexibility index (Phi) is 3.80. The van der Waals surface area contributed by atoms with Crippen LogP contribution in [0, 0.1) is 11.3 Å². The van der Waals surface area contributed by atoms with Crippen LogP contribution in [0.3, 0.4) is 0 Å². The van der Waals surface area contributed by atoms with Gasteiger partial charge in [0.1, 0.15) is 11.2 Å². The van der Waals surface area contributed by atoms with E-state index < -0.39 is 5.41 Å². The smallest absolute Gasteiger partial charge is 0.144 e. The van der Waals surface area contributed by atoms with Gasteiger partial charge in [0.05, 0.1) is 17.1 Å². The number of para-hydroxylation sites is 2. The lowest BCUT2D eigenvalue weighted by Gasteiger charge is -2.25. The highest BCUT2D eigenvalue weighted by atomic mass is 14.9. The summed E-state index contributed by atoms with van der Waals surface area (Å²) in [4.78, 5) is 8.12. The number of aromatic amines is 1. The third kappa shape index (κ3) is 2.68. The maximum atomic E-state index is 10.3. The van der Waals surface area contributed by atoms with Gasteiger partial charge in [0, 0.05) is 6.42 Å². The first-order valence-corrected chi connectivity index (χ1v) is 8.28. The van der Waals surface area contributed by atoms with Crippen molar-refractivity contribution in [1.29, 1.82) is 5.26 Å². The standard InChI is InChI=1S/C22H17N3/c23-16-22(18-11-5-2-6-12-18,15-17-9-3-1-4-10-17)21-24-19-13-7-8-14-20(19)25-21/h1-14H,15H2,(H,24,25). The summed E-state index contributed by atoms with van der Waals surface area (Å²) in [6.45, 7) is 0. The molecule has 1 unspecified atom stereocenters. The monoisotopic (exact) mass is 323 g/mol. The molecule has 0 aliphatic carbocycles. The lowest BCUT2D eigenvalue weighted by atomic mass is 9.76. The van der Waals surface area contributed by atoms with Crippen LogP contribution in [0.25, 0.3) is 11.0 Å². The Labute approximate surface area is 146 Å². The van der Waals surface area contributed by atoms with Crippen LogP contribution >= 0.6 is 0 Å². The summed E-state index contributed by atoms with van der Waals surface area (Å²) in [5.41, 5.74) is 3.01. The minimum atomic E-state index is -0.859. The molecule has 3 nitrogen and oxygen atoms in total. The molecule has 1 aromatic heterocycles. The fourth-order valence-corrected chi connectivity index (χ4v) is 3.26. The molecule has 0 radical (unpaired) electrons. The number of nitrogens with one attached hydrogen (secondary N) is 1. The Balaban J connectivity index is 1.93. The maximum Gasteiger partial charge on any atom is 0.144 e. The van der Waals surface area contributed by atoms with Crippen LogP contribution in [0.2, 0.25) is 0 Å². The molecule has 4 aromatic rings. The summed E-state index contributed by atoms with van der Waals surface area (Å²) < 4.78 is 0. The van der Waals surface area contributed by atoms with Crippen LogP contribution in [-0.4, -0.2) is 9.97 Å². The van der Waals surface area contributed by atoms with Crippen LogP contribution in [-0.2, 0) is 11.8 Å². The normalized spacial score (nSPS) is 13.2. The topological polar surface area (TPSA) is 52.5 Å². The van der Waals surface area contributed by atoms with E-state index in [4.69, 9.17) is 4.98 Å². The van der Waals surface area contributed by atoms with Gasteiger partial charge in [-0.25, -0.2) is 4.98 Å². The highest BCUT2D eigenvalue weighted by Crippen LogP contribution is 2.34. The predicted octanol–water partition coefficient (Wildman–Crippen LogP) is 4.62. The summed E-state index contributed by atoms with van der Waals surface area (Å²) in [6, 6.07) is 30.4. The molecule has 3 heteroatoms. The van der Waals surface area contributed by atoms with Crippen molar-refractivity contribution in [2.45, 2.75) is 11.8 Å². The summed E-state index contributed by atoms with van der Waals surface area (Å²) in [5, 5.41) is 10.3. The quantitative estimate of drug-likeness (QED) is 0.596. The molecular formula is C22H17N3. The second-order valence-corrected chi connectivity index (χ2v) is 6.15. The first-order valence-electron chi connectivity index (χ1n) is 8.28. The average molecular weight is 323 g/mol. The van der Waals surface area contributed by atoms with Crippen molar-refractivity contribution in [3.8, 4) is 6.07 Å². The van der Waals surface area contributed by atoms with E-state index in [0.29, 0.717) is 12.2 Å². The summed E-state index contributed by atoms with van der Waals surface area (Å²) in [6.07, 6.45) is 0.564. The Morgan fingerprint density at radius 3 is 2.16 bits per heavy atom. The van der Waals surface area contributed by atoms with E-state index in [1.54, 1.807) is 0 Å². The third-order valence-corrected chi connectivity index (χ3v) is 4.56. The van der Waals surface area contributed by atoms with E-state index in [-0.39, 0.29) is 0 Å². The van der Waals surface area contributed by atoms with Crippen LogP contribution in [0.4, 0.5) is 0 Å². The number of aromatic nitrogens is 2. The van der Waals surface area contributed by atoms with Gasteiger partial charge in [0.25, 0.3) is 0 Å². The molecule has 0 spiro atoms. The Morgan fingerprint density at radius 2 is 1.48 bits per heavy atom. The number of imidazole rings is 1. The molecule has 3 aromatic carbocycles. The Bertz CT molecular complexity index is 996. The van der Waals surface area contributed by atoms with Gasteiger partial charge in [-0.3, -0.25) is 0 Å². The van der Waals surface area contributed by atoms with Gasteiger partial charge in [0.2, 0.25) is 0 Å². The Morgan fingerprint density at radius 1 is 0.840 bits per heavy atom. The zero-order valence-corrected chi connectivity index (χ0v) is 13.7. The number of nitrogens with zero attached hydrogens (tertiary/aromatic N) is 2. The molecule has 0 saturated heterocycles. The Hall–Kier alpha value is -3.38. The van der Waals surface area contributed by atoms with Gasteiger partial charge in [-0.05, 0) is 23.3 Å². The first-order chi connectivity index (χ1) is 12.3. The predicted molar refractivity (Wildman–Crippen MR) is 99.1 cm³/mol. The molecule has 1 N–H and O–H groups in total. The van der Waals surface area contributed by atoms with Crippen molar-refractivity contribution in [2.24, 2.45) is 0 Å². The molecule has 0 aliphatic rings. The van der Waals surface area contributed by atoms with Crippen LogP contribution in [0.5, 0.6) is 0 Å². The molecule has 1 atom stereocenters. The molecule has 0 bridgehead atoms. The van der Waals surface area contributed by atoms with E-state index >= 15 is 0 Å². The molecule has 25 heavy (non-hydrogen) atoms. The van der Waals surface area contributed by atoms with Gasteiger partial charge < -0.3 is 4.98 Å². The van der Waals surface area contributed by atoms with Crippen LogP contribution in [0.15, 0.2) is 84.9 Å². The fourth-order valence-electron chi connectivity index (χ4n) is 3.26. The number of H-pyrrole nitrogens is 1. The largest absolute Gasteiger partial charge is 0.340 e. The van der Waals surface area contributed by atoms with Gasteiger partial charge in [0.15, 0.2) is 0 Å². The lowest BCUT2D eigenvalue weighted by molar-refractivity contribution is 0.615. The zero-order valence-electron chi connectivity index (χ0n) is 13.7. The van der Waals surface area contributed by atoms with Gasteiger partial charge in [-0.2, -0.15) is 5.26 Å². The number of fused-ring (bicyclic) bond motifs is 1.